The van der Waals surface area contributed by atoms with Crippen molar-refractivity contribution in [3.05, 3.63) is 20.8 Å². The average Bonchev–Trinajstić information content (AvgIpc) is 2.30. The predicted octanol–water partition coefficient (Wildman–Crippen LogP) is -0.277. The monoisotopic (exact) mass is 238 g/mol. The Kier molecular flexibility index (Phi) is 2.52. The molecule has 0 radical (unpaired) electrons. The zero-order valence-electron chi connectivity index (χ0n) is 10.8. The van der Waals surface area contributed by atoms with Gasteiger partial charge in [0.15, 0.2) is 0 Å². The molecule has 0 saturated heterocycles. The summed E-state index contributed by atoms with van der Waals surface area (Å²) >= 11 is 0. The van der Waals surface area contributed by atoms with Gasteiger partial charge in [-0.15, -0.1) is 0 Å². The smallest absolute Gasteiger partial charge is 0.332 e. The molecule has 94 valence electrons. The van der Waals surface area contributed by atoms with Gasteiger partial charge >= 0.3 is 5.69 Å². The predicted molar refractivity (Wildman–Crippen MR) is 67.9 cm³/mol. The van der Waals surface area contributed by atoms with E-state index in [0.29, 0.717) is 11.5 Å². The highest BCUT2D eigenvalue weighted by Gasteiger charge is 2.30. The van der Waals surface area contributed by atoms with Gasteiger partial charge < -0.3 is 10.2 Å². The van der Waals surface area contributed by atoms with Crippen molar-refractivity contribution in [2.24, 2.45) is 14.1 Å². The van der Waals surface area contributed by atoms with Crippen LogP contribution in [0.4, 0.5) is 11.5 Å². The first-order chi connectivity index (χ1) is 7.86. The summed E-state index contributed by atoms with van der Waals surface area (Å²) in [6, 6.07) is 0.387. The maximum atomic E-state index is 12.1. The Morgan fingerprint density at radius 2 is 1.65 bits per heavy atom. The third-order valence-electron chi connectivity index (χ3n) is 3.69. The van der Waals surface area contributed by atoms with Crippen molar-refractivity contribution in [3.8, 4) is 0 Å². The molecular weight excluding hydrogens is 220 g/mol. The van der Waals surface area contributed by atoms with Gasteiger partial charge in [0.05, 0.1) is 0 Å². The normalized spacial score (nSPS) is 23.2. The lowest BCUT2D eigenvalue weighted by Gasteiger charge is -2.39. The van der Waals surface area contributed by atoms with Crippen LogP contribution in [-0.4, -0.2) is 28.3 Å². The van der Waals surface area contributed by atoms with Crippen molar-refractivity contribution >= 4 is 11.5 Å². The average molecular weight is 238 g/mol. The van der Waals surface area contributed by atoms with E-state index in [0.717, 1.165) is 4.57 Å². The number of nitrogens with one attached hydrogen (secondary N) is 1. The van der Waals surface area contributed by atoms with Crippen LogP contribution in [-0.2, 0) is 14.1 Å². The number of rotatable bonds is 0. The van der Waals surface area contributed by atoms with Crippen LogP contribution in [0.1, 0.15) is 13.8 Å². The SMILES string of the molecule is CC1Nc2c(c(=O)n(C)c(=O)n2C)N(C)C1C. The van der Waals surface area contributed by atoms with Gasteiger partial charge in [-0.3, -0.25) is 13.9 Å². The minimum absolute atomic E-state index is 0.185. The van der Waals surface area contributed by atoms with Crippen molar-refractivity contribution in [1.82, 2.24) is 9.13 Å². The third-order valence-corrected chi connectivity index (χ3v) is 3.69. The van der Waals surface area contributed by atoms with E-state index in [1.54, 1.807) is 7.05 Å². The summed E-state index contributed by atoms with van der Waals surface area (Å²) in [5, 5.41) is 3.23. The molecule has 0 bridgehead atoms. The maximum Gasteiger partial charge on any atom is 0.332 e. The molecule has 2 unspecified atom stereocenters. The van der Waals surface area contributed by atoms with Crippen LogP contribution in [0.2, 0.25) is 0 Å². The number of aromatic nitrogens is 2. The molecule has 0 fully saturated rings. The van der Waals surface area contributed by atoms with Crippen LogP contribution in [0.15, 0.2) is 9.59 Å². The van der Waals surface area contributed by atoms with E-state index < -0.39 is 0 Å². The lowest BCUT2D eigenvalue weighted by atomic mass is 10.1. The van der Waals surface area contributed by atoms with E-state index in [2.05, 4.69) is 5.32 Å². The molecule has 17 heavy (non-hydrogen) atoms. The fourth-order valence-electron chi connectivity index (χ4n) is 2.18. The zero-order chi connectivity index (χ0) is 12.9. The summed E-state index contributed by atoms with van der Waals surface area (Å²) < 4.78 is 2.62. The second kappa shape index (κ2) is 3.65. The summed E-state index contributed by atoms with van der Waals surface area (Å²) in [5.74, 6) is 0.603. The van der Waals surface area contributed by atoms with Crippen LogP contribution >= 0.6 is 0 Å². The minimum Gasteiger partial charge on any atom is -0.365 e. The van der Waals surface area contributed by atoms with Crippen LogP contribution in [0.25, 0.3) is 0 Å². The maximum absolute atomic E-state index is 12.1. The molecule has 6 heteroatoms. The largest absolute Gasteiger partial charge is 0.365 e. The Balaban J connectivity index is 2.82. The first kappa shape index (κ1) is 11.8. The molecule has 0 amide bonds. The molecule has 0 spiro atoms. The first-order valence-corrected chi connectivity index (χ1v) is 5.65. The molecule has 2 atom stereocenters. The van der Waals surface area contributed by atoms with Crippen molar-refractivity contribution in [1.29, 1.82) is 0 Å². The molecule has 1 aliphatic rings. The Morgan fingerprint density at radius 1 is 1.06 bits per heavy atom. The molecule has 1 aliphatic heterocycles. The summed E-state index contributed by atoms with van der Waals surface area (Å²) in [6.45, 7) is 4.08. The standard InChI is InChI=1S/C11H18N4O2/c1-6-7(2)13(3)8-9(12-6)14(4)11(17)15(5)10(8)16/h6-7,12H,1-5H3. The Hall–Kier alpha value is -1.72. The van der Waals surface area contributed by atoms with E-state index >= 15 is 0 Å². The summed E-state index contributed by atoms with van der Waals surface area (Å²) in [5.41, 5.74) is -0.00606. The van der Waals surface area contributed by atoms with Gasteiger partial charge in [-0.05, 0) is 13.8 Å². The third kappa shape index (κ3) is 1.47. The highest BCUT2D eigenvalue weighted by molar-refractivity contribution is 5.68. The Bertz CT molecular complexity index is 572. The zero-order valence-corrected chi connectivity index (χ0v) is 10.8. The van der Waals surface area contributed by atoms with Crippen molar-refractivity contribution in [2.45, 2.75) is 25.9 Å². The fraction of sp³-hybridized carbons (Fsp3) is 0.636. The van der Waals surface area contributed by atoms with E-state index in [-0.39, 0.29) is 23.3 Å². The molecule has 2 rings (SSSR count). The van der Waals surface area contributed by atoms with Gasteiger partial charge in [-0.1, -0.05) is 0 Å². The Morgan fingerprint density at radius 3 is 2.24 bits per heavy atom. The summed E-state index contributed by atoms with van der Waals surface area (Å²) in [4.78, 5) is 25.9. The number of fused-ring (bicyclic) bond motifs is 1. The van der Waals surface area contributed by atoms with Crippen LogP contribution in [0.5, 0.6) is 0 Å². The molecule has 0 aliphatic carbocycles. The second-order valence-electron chi connectivity index (χ2n) is 4.69. The molecule has 0 saturated carbocycles. The highest BCUT2D eigenvalue weighted by atomic mass is 16.2. The van der Waals surface area contributed by atoms with E-state index in [1.165, 1.54) is 11.6 Å². The minimum atomic E-state index is -0.309. The van der Waals surface area contributed by atoms with Gasteiger partial charge in [0.25, 0.3) is 5.56 Å². The van der Waals surface area contributed by atoms with Gasteiger partial charge in [0, 0.05) is 33.2 Å². The number of likely N-dealkylation sites (N-methyl/N-ethyl adjacent to an activating group) is 1. The van der Waals surface area contributed by atoms with Crippen LogP contribution < -0.4 is 21.5 Å². The molecule has 1 N–H and O–H groups in total. The molecule has 1 aromatic rings. The van der Waals surface area contributed by atoms with Crippen molar-refractivity contribution < 1.29 is 0 Å². The second-order valence-corrected chi connectivity index (χ2v) is 4.69. The highest BCUT2D eigenvalue weighted by Crippen LogP contribution is 2.27. The molecule has 2 heterocycles. The van der Waals surface area contributed by atoms with Gasteiger partial charge in [0.1, 0.15) is 11.5 Å². The number of hydrogen-bond acceptors (Lipinski definition) is 4. The molecule has 0 aromatic carbocycles. The van der Waals surface area contributed by atoms with Crippen molar-refractivity contribution in [2.75, 3.05) is 17.3 Å². The van der Waals surface area contributed by atoms with Gasteiger partial charge in [-0.2, -0.15) is 0 Å². The quantitative estimate of drug-likeness (QED) is 0.675. The Labute approximate surface area is 99.5 Å². The number of nitrogens with zero attached hydrogens (tertiary/aromatic N) is 3. The van der Waals surface area contributed by atoms with E-state index in [1.807, 2.05) is 25.8 Å². The summed E-state index contributed by atoms with van der Waals surface area (Å²) in [7, 11) is 5.05. The van der Waals surface area contributed by atoms with Gasteiger partial charge in [-0.25, -0.2) is 4.79 Å². The van der Waals surface area contributed by atoms with E-state index in [4.69, 9.17) is 0 Å². The van der Waals surface area contributed by atoms with Crippen molar-refractivity contribution in [3.63, 3.8) is 0 Å². The van der Waals surface area contributed by atoms with Crippen LogP contribution in [0.3, 0.4) is 0 Å². The molecule has 6 nitrogen and oxygen atoms in total. The first-order valence-electron chi connectivity index (χ1n) is 5.65. The summed E-state index contributed by atoms with van der Waals surface area (Å²) in [6.07, 6.45) is 0. The topological polar surface area (TPSA) is 59.3 Å². The molecule has 1 aromatic heterocycles. The lowest BCUT2D eigenvalue weighted by Crippen LogP contribution is -2.52. The molecular formula is C11H18N4O2. The number of anilines is 2. The lowest BCUT2D eigenvalue weighted by molar-refractivity contribution is 0.558. The fourth-order valence-corrected chi connectivity index (χ4v) is 2.18. The van der Waals surface area contributed by atoms with Crippen LogP contribution in [0, 0.1) is 0 Å². The number of hydrogen-bond donors (Lipinski definition) is 1. The van der Waals surface area contributed by atoms with Gasteiger partial charge in [0.2, 0.25) is 0 Å². The van der Waals surface area contributed by atoms with E-state index in [9.17, 15) is 9.59 Å².